The normalized spacial score (nSPS) is 14.5. The predicted octanol–water partition coefficient (Wildman–Crippen LogP) is 3.26. The van der Waals surface area contributed by atoms with E-state index in [1.165, 1.54) is 6.42 Å². The van der Waals surface area contributed by atoms with Crippen LogP contribution < -0.4 is 5.32 Å². The monoisotopic (exact) mass is 358 g/mol. The van der Waals surface area contributed by atoms with Gasteiger partial charge < -0.3 is 14.6 Å². The number of pyridine rings is 1. The van der Waals surface area contributed by atoms with Crippen molar-refractivity contribution in [3.63, 3.8) is 0 Å². The number of hydrogen-bond acceptors (Lipinski definition) is 4. The minimum Gasteiger partial charge on any atom is -0.381 e. The molecule has 0 spiro atoms. The highest BCUT2D eigenvalue weighted by atomic mass is 16.5. The van der Waals surface area contributed by atoms with Gasteiger partial charge in [-0.15, -0.1) is 0 Å². The molecule has 3 heterocycles. The van der Waals surface area contributed by atoms with Gasteiger partial charge in [0.25, 0.3) is 5.91 Å². The summed E-state index contributed by atoms with van der Waals surface area (Å²) in [4.78, 5) is 22.1. The number of imidazole rings is 1. The fourth-order valence-electron chi connectivity index (χ4n) is 3.38. The molecular weight excluding hydrogens is 328 g/mol. The van der Waals surface area contributed by atoms with Gasteiger partial charge in [-0.3, -0.25) is 4.79 Å². The average Bonchev–Trinajstić information content (AvgIpc) is 2.78. The van der Waals surface area contributed by atoms with E-state index in [9.17, 15) is 4.79 Å². The van der Waals surface area contributed by atoms with Gasteiger partial charge in [0.15, 0.2) is 5.65 Å². The summed E-state index contributed by atoms with van der Waals surface area (Å²) in [5, 5.41) is 3.00. The van der Waals surface area contributed by atoms with E-state index in [-0.39, 0.29) is 5.91 Å². The van der Waals surface area contributed by atoms with Crippen LogP contribution >= 0.6 is 0 Å². The number of carbonyl (C=O) groups excluding carboxylic acids is 1. The fraction of sp³-hybridized carbons (Fsp3) is 0.650. The molecule has 0 radical (unpaired) electrons. The molecule has 0 saturated heterocycles. The number of amides is 1. The first-order chi connectivity index (χ1) is 12.6. The van der Waals surface area contributed by atoms with E-state index in [0.29, 0.717) is 24.6 Å². The molecule has 3 rings (SSSR count). The van der Waals surface area contributed by atoms with Gasteiger partial charge in [-0.1, -0.05) is 20.3 Å². The van der Waals surface area contributed by atoms with Gasteiger partial charge in [-0.05, 0) is 38.2 Å². The molecule has 0 unspecified atom stereocenters. The molecular formula is C20H30N4O2. The van der Waals surface area contributed by atoms with Crippen LogP contribution in [0.15, 0.2) is 6.07 Å². The number of aryl methyl sites for hydroxylation is 3. The first-order valence-corrected chi connectivity index (χ1v) is 9.79. The number of ether oxygens (including phenoxy) is 1. The summed E-state index contributed by atoms with van der Waals surface area (Å²) in [6.07, 6.45) is 5.30. The van der Waals surface area contributed by atoms with Crippen molar-refractivity contribution in [2.75, 3.05) is 19.8 Å². The quantitative estimate of drug-likeness (QED) is 0.771. The first kappa shape index (κ1) is 18.8. The summed E-state index contributed by atoms with van der Waals surface area (Å²) in [6.45, 7) is 9.17. The van der Waals surface area contributed by atoms with Crippen LogP contribution in [0.25, 0.3) is 11.2 Å². The molecule has 2 aromatic rings. The van der Waals surface area contributed by atoms with Gasteiger partial charge in [0.05, 0.1) is 5.56 Å². The lowest BCUT2D eigenvalue weighted by Gasteiger charge is -2.09. The number of rotatable bonds is 7. The average molecular weight is 358 g/mol. The third-order valence-corrected chi connectivity index (χ3v) is 4.64. The second-order valence-corrected chi connectivity index (χ2v) is 7.55. The Kier molecular flexibility index (Phi) is 6.25. The molecule has 26 heavy (non-hydrogen) atoms. The van der Waals surface area contributed by atoms with Crippen molar-refractivity contribution in [1.82, 2.24) is 19.9 Å². The van der Waals surface area contributed by atoms with E-state index < -0.39 is 0 Å². The minimum absolute atomic E-state index is 0.0716. The lowest BCUT2D eigenvalue weighted by molar-refractivity contribution is 0.0926. The molecule has 6 nitrogen and oxygen atoms in total. The van der Waals surface area contributed by atoms with Gasteiger partial charge in [0.1, 0.15) is 11.3 Å². The Bertz CT molecular complexity index is 767. The van der Waals surface area contributed by atoms with Crippen LogP contribution in [-0.4, -0.2) is 40.2 Å². The molecule has 2 aromatic heterocycles. The number of carbonyl (C=O) groups is 1. The zero-order valence-corrected chi connectivity index (χ0v) is 16.2. The van der Waals surface area contributed by atoms with Crippen LogP contribution in [0.2, 0.25) is 0 Å². The van der Waals surface area contributed by atoms with E-state index in [2.05, 4.69) is 28.7 Å². The van der Waals surface area contributed by atoms with Gasteiger partial charge in [0.2, 0.25) is 0 Å². The van der Waals surface area contributed by atoms with Crippen molar-refractivity contribution in [1.29, 1.82) is 0 Å². The van der Waals surface area contributed by atoms with Crippen LogP contribution in [0.4, 0.5) is 0 Å². The largest absolute Gasteiger partial charge is 0.381 e. The molecule has 0 atom stereocenters. The molecule has 142 valence electrons. The Labute approximate surface area is 155 Å². The maximum atomic E-state index is 12.7. The second kappa shape index (κ2) is 8.62. The van der Waals surface area contributed by atoms with Crippen LogP contribution in [0.3, 0.4) is 0 Å². The van der Waals surface area contributed by atoms with Crippen LogP contribution in [-0.2, 0) is 17.7 Å². The van der Waals surface area contributed by atoms with Gasteiger partial charge in [-0.2, -0.15) is 0 Å². The Morgan fingerprint density at radius 1 is 1.31 bits per heavy atom. The molecule has 1 aliphatic heterocycles. The van der Waals surface area contributed by atoms with Gasteiger partial charge in [-0.25, -0.2) is 9.97 Å². The van der Waals surface area contributed by atoms with E-state index in [4.69, 9.17) is 9.72 Å². The molecule has 1 N–H and O–H groups in total. The van der Waals surface area contributed by atoms with E-state index in [1.807, 2.05) is 13.0 Å². The van der Waals surface area contributed by atoms with Crippen LogP contribution in [0, 0.1) is 12.8 Å². The van der Waals surface area contributed by atoms with Gasteiger partial charge in [0, 0.05) is 38.4 Å². The van der Waals surface area contributed by atoms with Crippen molar-refractivity contribution < 1.29 is 9.53 Å². The third-order valence-electron chi connectivity index (χ3n) is 4.64. The topological polar surface area (TPSA) is 69.0 Å². The minimum atomic E-state index is -0.0716. The molecule has 6 heteroatoms. The van der Waals surface area contributed by atoms with Crippen molar-refractivity contribution in [3.8, 4) is 0 Å². The summed E-state index contributed by atoms with van der Waals surface area (Å²) < 4.78 is 7.76. The molecule has 0 fully saturated rings. The summed E-state index contributed by atoms with van der Waals surface area (Å²) in [7, 11) is 0. The summed E-state index contributed by atoms with van der Waals surface area (Å²) in [6, 6.07) is 1.85. The Hall–Kier alpha value is -1.95. The zero-order valence-electron chi connectivity index (χ0n) is 16.2. The van der Waals surface area contributed by atoms with Crippen molar-refractivity contribution in [2.24, 2.45) is 5.92 Å². The molecule has 0 aromatic carbocycles. The molecule has 1 aliphatic rings. The lowest BCUT2D eigenvalue weighted by atomic mass is 10.2. The Morgan fingerprint density at radius 2 is 2.15 bits per heavy atom. The summed E-state index contributed by atoms with van der Waals surface area (Å²) in [5.74, 6) is 1.53. The molecule has 0 bridgehead atoms. The number of fused-ring (bicyclic) bond motifs is 3. The second-order valence-electron chi connectivity index (χ2n) is 7.55. The number of aromatic nitrogens is 3. The Morgan fingerprint density at radius 3 is 2.96 bits per heavy atom. The molecule has 0 aliphatic carbocycles. The smallest absolute Gasteiger partial charge is 0.253 e. The zero-order chi connectivity index (χ0) is 18.5. The fourth-order valence-corrected chi connectivity index (χ4v) is 3.38. The van der Waals surface area contributed by atoms with Gasteiger partial charge >= 0.3 is 0 Å². The van der Waals surface area contributed by atoms with E-state index >= 15 is 0 Å². The Balaban J connectivity index is 1.70. The summed E-state index contributed by atoms with van der Waals surface area (Å²) in [5.41, 5.74) is 3.08. The standard InChI is InChI=1S/C20H30N4O2/c1-14(2)13-26-11-7-9-21-20(25)16-12-15(3)22-19-18(16)23-17-8-5-4-6-10-24(17)19/h12,14H,4-11,13H2,1-3H3,(H,21,25). The summed E-state index contributed by atoms with van der Waals surface area (Å²) >= 11 is 0. The number of hydrogen-bond donors (Lipinski definition) is 1. The third kappa shape index (κ3) is 4.41. The maximum Gasteiger partial charge on any atom is 0.253 e. The van der Waals surface area contributed by atoms with E-state index in [0.717, 1.165) is 61.5 Å². The van der Waals surface area contributed by atoms with Crippen molar-refractivity contribution in [3.05, 3.63) is 23.1 Å². The van der Waals surface area contributed by atoms with Crippen LogP contribution in [0.5, 0.6) is 0 Å². The predicted molar refractivity (Wildman–Crippen MR) is 102 cm³/mol. The van der Waals surface area contributed by atoms with E-state index in [1.54, 1.807) is 0 Å². The molecule has 1 amide bonds. The molecule has 0 saturated carbocycles. The number of nitrogens with zero attached hydrogens (tertiary/aromatic N) is 3. The SMILES string of the molecule is Cc1cc(C(=O)NCCCOCC(C)C)c2nc3n(c2n1)CCCCC3. The highest BCUT2D eigenvalue weighted by Crippen LogP contribution is 2.23. The highest BCUT2D eigenvalue weighted by molar-refractivity contribution is 6.04. The first-order valence-electron chi connectivity index (χ1n) is 9.79. The highest BCUT2D eigenvalue weighted by Gasteiger charge is 2.20. The van der Waals surface area contributed by atoms with Crippen molar-refractivity contribution >= 4 is 17.1 Å². The lowest BCUT2D eigenvalue weighted by Crippen LogP contribution is -2.26. The van der Waals surface area contributed by atoms with Crippen molar-refractivity contribution in [2.45, 2.75) is 59.4 Å². The maximum absolute atomic E-state index is 12.7. The van der Waals surface area contributed by atoms with Crippen LogP contribution in [0.1, 0.15) is 61.4 Å². The number of nitrogens with one attached hydrogen (secondary N) is 1.